The third-order valence-corrected chi connectivity index (χ3v) is 4.36. The van der Waals surface area contributed by atoms with Crippen LogP contribution in [0.1, 0.15) is 29.2 Å². The van der Waals surface area contributed by atoms with Gasteiger partial charge in [-0.3, -0.25) is 4.79 Å². The number of ether oxygens (including phenoxy) is 3. The van der Waals surface area contributed by atoms with Gasteiger partial charge >= 0.3 is 5.97 Å². The Morgan fingerprint density at radius 3 is 2.21 bits per heavy atom. The zero-order valence-corrected chi connectivity index (χ0v) is 16.2. The molecule has 4 heteroatoms. The molecule has 0 saturated heterocycles. The van der Waals surface area contributed by atoms with Crippen LogP contribution in [0.25, 0.3) is 0 Å². The van der Waals surface area contributed by atoms with Crippen molar-refractivity contribution in [1.29, 1.82) is 0 Å². The fourth-order valence-electron chi connectivity index (χ4n) is 2.85. The van der Waals surface area contributed by atoms with Crippen LogP contribution in [0.4, 0.5) is 0 Å². The Bertz CT molecular complexity index is 902. The second kappa shape index (κ2) is 9.60. The molecular formula is C24H24O4. The highest BCUT2D eigenvalue weighted by atomic mass is 16.5. The van der Waals surface area contributed by atoms with Gasteiger partial charge in [-0.1, -0.05) is 54.6 Å². The van der Waals surface area contributed by atoms with Gasteiger partial charge in [0.1, 0.15) is 24.7 Å². The predicted octanol–water partition coefficient (Wildman–Crippen LogP) is 4.93. The summed E-state index contributed by atoms with van der Waals surface area (Å²) in [5.74, 6) is 1.33. The minimum Gasteiger partial charge on any atom is -0.497 e. The van der Waals surface area contributed by atoms with Crippen LogP contribution in [-0.4, -0.2) is 13.1 Å². The van der Waals surface area contributed by atoms with Crippen molar-refractivity contribution in [2.24, 2.45) is 0 Å². The number of methoxy groups -OCH3 is 1. The van der Waals surface area contributed by atoms with Crippen LogP contribution in [0.3, 0.4) is 0 Å². The van der Waals surface area contributed by atoms with Crippen molar-refractivity contribution in [3.63, 3.8) is 0 Å². The van der Waals surface area contributed by atoms with Gasteiger partial charge in [-0.05, 0) is 40.5 Å². The summed E-state index contributed by atoms with van der Waals surface area (Å²) in [4.78, 5) is 11.1. The lowest BCUT2D eigenvalue weighted by atomic mass is 10.0. The predicted molar refractivity (Wildman–Crippen MR) is 108 cm³/mol. The summed E-state index contributed by atoms with van der Waals surface area (Å²) in [6.07, 6.45) is 0.738. The van der Waals surface area contributed by atoms with E-state index in [1.54, 1.807) is 7.11 Å². The van der Waals surface area contributed by atoms with Crippen LogP contribution < -0.4 is 9.47 Å². The summed E-state index contributed by atoms with van der Waals surface area (Å²) in [7, 11) is 1.66. The third kappa shape index (κ3) is 5.61. The first-order valence-electron chi connectivity index (χ1n) is 9.19. The smallest absolute Gasteiger partial charge is 0.302 e. The first-order chi connectivity index (χ1) is 13.6. The molecule has 3 rings (SSSR count). The second-order valence-corrected chi connectivity index (χ2v) is 6.52. The molecule has 0 unspecified atom stereocenters. The highest BCUT2D eigenvalue weighted by molar-refractivity contribution is 5.66. The summed E-state index contributed by atoms with van der Waals surface area (Å²) in [6.45, 7) is 2.12. The highest BCUT2D eigenvalue weighted by Gasteiger charge is 2.09. The maximum absolute atomic E-state index is 11.1. The Labute approximate surface area is 165 Å². The number of hydrogen-bond donors (Lipinski definition) is 0. The van der Waals surface area contributed by atoms with Crippen molar-refractivity contribution in [2.45, 2.75) is 26.6 Å². The van der Waals surface area contributed by atoms with Gasteiger partial charge in [0.2, 0.25) is 0 Å². The minimum atomic E-state index is -0.297. The minimum absolute atomic E-state index is 0.236. The molecule has 0 heterocycles. The van der Waals surface area contributed by atoms with Gasteiger partial charge in [-0.25, -0.2) is 0 Å². The van der Waals surface area contributed by atoms with Crippen LogP contribution in [0.2, 0.25) is 0 Å². The van der Waals surface area contributed by atoms with Crippen LogP contribution >= 0.6 is 0 Å². The van der Waals surface area contributed by atoms with Crippen LogP contribution in [0.15, 0.2) is 72.8 Å². The van der Waals surface area contributed by atoms with E-state index in [1.807, 2.05) is 72.8 Å². The van der Waals surface area contributed by atoms with Gasteiger partial charge in [-0.15, -0.1) is 0 Å². The van der Waals surface area contributed by atoms with E-state index in [0.717, 1.165) is 40.2 Å². The number of esters is 1. The molecule has 0 radical (unpaired) electrons. The van der Waals surface area contributed by atoms with E-state index in [4.69, 9.17) is 14.2 Å². The zero-order chi connectivity index (χ0) is 19.8. The normalized spacial score (nSPS) is 10.4. The van der Waals surface area contributed by atoms with E-state index in [1.165, 1.54) is 6.92 Å². The number of benzene rings is 3. The summed E-state index contributed by atoms with van der Waals surface area (Å²) >= 11 is 0. The molecule has 3 aromatic carbocycles. The Balaban J connectivity index is 1.80. The fourth-order valence-corrected chi connectivity index (χ4v) is 2.85. The van der Waals surface area contributed by atoms with E-state index in [9.17, 15) is 4.79 Å². The summed E-state index contributed by atoms with van der Waals surface area (Å²) < 4.78 is 16.5. The maximum Gasteiger partial charge on any atom is 0.302 e. The lowest BCUT2D eigenvalue weighted by Crippen LogP contribution is -2.03. The molecule has 0 bridgehead atoms. The van der Waals surface area contributed by atoms with Gasteiger partial charge in [0.25, 0.3) is 0 Å². The summed E-state index contributed by atoms with van der Waals surface area (Å²) in [5.41, 5.74) is 4.24. The first kappa shape index (κ1) is 19.5. The van der Waals surface area contributed by atoms with Gasteiger partial charge in [0, 0.05) is 13.3 Å². The van der Waals surface area contributed by atoms with E-state index in [2.05, 4.69) is 0 Å². The molecule has 3 aromatic rings. The van der Waals surface area contributed by atoms with Crippen molar-refractivity contribution >= 4 is 5.97 Å². The Kier molecular flexibility index (Phi) is 6.68. The van der Waals surface area contributed by atoms with Gasteiger partial charge in [0.05, 0.1) is 7.11 Å². The molecule has 0 aliphatic carbocycles. The fraction of sp³-hybridized carbons (Fsp3) is 0.208. The Morgan fingerprint density at radius 1 is 0.821 bits per heavy atom. The molecular weight excluding hydrogens is 352 g/mol. The molecule has 0 N–H and O–H groups in total. The molecule has 0 aliphatic rings. The average molecular weight is 376 g/mol. The van der Waals surface area contributed by atoms with E-state index in [-0.39, 0.29) is 12.6 Å². The SMILES string of the molecule is COc1ccc(Cc2ccc(COC(C)=O)cc2OCc2ccccc2)cc1. The van der Waals surface area contributed by atoms with E-state index < -0.39 is 0 Å². The molecule has 4 nitrogen and oxygen atoms in total. The Hall–Kier alpha value is -3.27. The lowest BCUT2D eigenvalue weighted by Gasteiger charge is -2.14. The average Bonchev–Trinajstić information content (AvgIpc) is 2.73. The van der Waals surface area contributed by atoms with Crippen molar-refractivity contribution < 1.29 is 19.0 Å². The van der Waals surface area contributed by atoms with E-state index in [0.29, 0.717) is 6.61 Å². The molecule has 0 aliphatic heterocycles. The van der Waals surface area contributed by atoms with Crippen molar-refractivity contribution in [3.05, 3.63) is 95.1 Å². The maximum atomic E-state index is 11.1. The van der Waals surface area contributed by atoms with E-state index >= 15 is 0 Å². The van der Waals surface area contributed by atoms with Crippen LogP contribution in [-0.2, 0) is 29.2 Å². The van der Waals surface area contributed by atoms with Crippen molar-refractivity contribution in [2.75, 3.05) is 7.11 Å². The number of carbonyl (C=O) groups excluding carboxylic acids is 1. The number of carbonyl (C=O) groups is 1. The standard InChI is InChI=1S/C24H24O4/c1-18(25)27-17-21-8-11-22(14-19-9-12-23(26-2)13-10-19)24(15-21)28-16-20-6-4-3-5-7-20/h3-13,15H,14,16-17H2,1-2H3. The van der Waals surface area contributed by atoms with Gasteiger partial charge in [-0.2, -0.15) is 0 Å². The van der Waals surface area contributed by atoms with Gasteiger partial charge in [0.15, 0.2) is 0 Å². The van der Waals surface area contributed by atoms with Crippen LogP contribution in [0, 0.1) is 0 Å². The largest absolute Gasteiger partial charge is 0.497 e. The molecule has 28 heavy (non-hydrogen) atoms. The topological polar surface area (TPSA) is 44.8 Å². The second-order valence-electron chi connectivity index (χ2n) is 6.52. The first-order valence-corrected chi connectivity index (χ1v) is 9.19. The van der Waals surface area contributed by atoms with Crippen molar-refractivity contribution in [3.8, 4) is 11.5 Å². The molecule has 144 valence electrons. The van der Waals surface area contributed by atoms with Crippen molar-refractivity contribution in [1.82, 2.24) is 0 Å². The zero-order valence-electron chi connectivity index (χ0n) is 16.2. The molecule has 0 amide bonds. The molecule has 0 fully saturated rings. The third-order valence-electron chi connectivity index (χ3n) is 4.36. The molecule has 0 saturated carbocycles. The summed E-state index contributed by atoms with van der Waals surface area (Å²) in [5, 5.41) is 0. The van der Waals surface area contributed by atoms with Crippen LogP contribution in [0.5, 0.6) is 11.5 Å². The Morgan fingerprint density at radius 2 is 1.54 bits per heavy atom. The summed E-state index contributed by atoms with van der Waals surface area (Å²) in [6, 6.07) is 24.0. The van der Waals surface area contributed by atoms with Gasteiger partial charge < -0.3 is 14.2 Å². The quantitative estimate of drug-likeness (QED) is 0.523. The number of hydrogen-bond acceptors (Lipinski definition) is 4. The molecule has 0 spiro atoms. The number of rotatable bonds is 8. The molecule has 0 atom stereocenters. The molecule has 0 aromatic heterocycles. The lowest BCUT2D eigenvalue weighted by molar-refractivity contribution is -0.142. The monoisotopic (exact) mass is 376 g/mol. The highest BCUT2D eigenvalue weighted by Crippen LogP contribution is 2.26.